The van der Waals surface area contributed by atoms with Crippen LogP contribution < -0.4 is 9.46 Å². The van der Waals surface area contributed by atoms with Gasteiger partial charge in [-0.1, -0.05) is 36.4 Å². The summed E-state index contributed by atoms with van der Waals surface area (Å²) < 4.78 is 33.9. The maximum Gasteiger partial charge on any atom is 0.263 e. The molecule has 2 aromatic heterocycles. The average molecular weight is 420 g/mol. The van der Waals surface area contributed by atoms with Crippen molar-refractivity contribution in [3.8, 4) is 5.88 Å². The zero-order chi connectivity index (χ0) is 20.8. The quantitative estimate of drug-likeness (QED) is 0.435. The topological polar surface area (TPSA) is 94.1 Å². The van der Waals surface area contributed by atoms with Crippen LogP contribution in [0.3, 0.4) is 0 Å². The molecule has 0 amide bonds. The summed E-state index contributed by atoms with van der Waals surface area (Å²) in [5, 5.41) is 0. The van der Waals surface area contributed by atoms with E-state index < -0.39 is 10.0 Å². The van der Waals surface area contributed by atoms with E-state index in [9.17, 15) is 8.42 Å². The Balaban J connectivity index is 1.56. The molecule has 30 heavy (non-hydrogen) atoms. The molecule has 7 nitrogen and oxygen atoms in total. The van der Waals surface area contributed by atoms with Gasteiger partial charge in [0.15, 0.2) is 0 Å². The molecule has 0 atom stereocenters. The second-order valence-corrected chi connectivity index (χ2v) is 8.28. The van der Waals surface area contributed by atoms with Crippen molar-refractivity contribution in [1.29, 1.82) is 0 Å². The summed E-state index contributed by atoms with van der Waals surface area (Å²) in [5.74, 6) is 0.221. The zero-order valence-electron chi connectivity index (χ0n) is 16.1. The lowest BCUT2D eigenvalue weighted by Crippen LogP contribution is -2.16. The summed E-state index contributed by atoms with van der Waals surface area (Å²) in [4.78, 5) is 13.1. The van der Waals surface area contributed by atoms with Crippen LogP contribution in [0.4, 0.5) is 5.82 Å². The zero-order valence-corrected chi connectivity index (χ0v) is 16.9. The SMILES string of the molecule is O=S(=O)(Nc1nc2ccccc2nc1OCCCc1cccnc1)c1ccccc1. The number of fused-ring (bicyclic) bond motifs is 1. The molecular formula is C22H20N4O3S. The van der Waals surface area contributed by atoms with Gasteiger partial charge in [-0.25, -0.2) is 18.4 Å². The van der Waals surface area contributed by atoms with Gasteiger partial charge in [-0.2, -0.15) is 0 Å². The first kappa shape index (κ1) is 19.8. The molecule has 2 heterocycles. The summed E-state index contributed by atoms with van der Waals surface area (Å²) in [5.41, 5.74) is 2.31. The predicted octanol–water partition coefficient (Wildman–Crippen LogP) is 3.84. The second-order valence-electron chi connectivity index (χ2n) is 6.60. The Bertz CT molecular complexity index is 1230. The van der Waals surface area contributed by atoms with Gasteiger partial charge in [0, 0.05) is 12.4 Å². The van der Waals surface area contributed by atoms with E-state index in [-0.39, 0.29) is 16.6 Å². The lowest BCUT2D eigenvalue weighted by Gasteiger charge is -2.13. The summed E-state index contributed by atoms with van der Waals surface area (Å²) in [6, 6.07) is 19.3. The highest BCUT2D eigenvalue weighted by Gasteiger charge is 2.19. The molecule has 4 aromatic rings. The highest BCUT2D eigenvalue weighted by Crippen LogP contribution is 2.26. The molecule has 0 saturated carbocycles. The maximum atomic E-state index is 12.8. The fourth-order valence-corrected chi connectivity index (χ4v) is 3.95. The van der Waals surface area contributed by atoms with Crippen molar-refractivity contribution in [1.82, 2.24) is 15.0 Å². The van der Waals surface area contributed by atoms with E-state index in [0.29, 0.717) is 17.6 Å². The van der Waals surface area contributed by atoms with Crippen molar-refractivity contribution in [2.45, 2.75) is 17.7 Å². The molecule has 0 fully saturated rings. The molecular weight excluding hydrogens is 400 g/mol. The number of ether oxygens (including phenoxy) is 1. The number of hydrogen-bond donors (Lipinski definition) is 1. The van der Waals surface area contributed by atoms with Crippen molar-refractivity contribution >= 4 is 26.9 Å². The van der Waals surface area contributed by atoms with Crippen LogP contribution in [0.25, 0.3) is 11.0 Å². The van der Waals surface area contributed by atoms with E-state index >= 15 is 0 Å². The molecule has 0 radical (unpaired) electrons. The van der Waals surface area contributed by atoms with Gasteiger partial charge in [-0.3, -0.25) is 9.71 Å². The van der Waals surface area contributed by atoms with E-state index in [1.165, 1.54) is 12.1 Å². The van der Waals surface area contributed by atoms with Crippen molar-refractivity contribution in [3.05, 3.63) is 84.7 Å². The minimum atomic E-state index is -3.82. The molecule has 4 rings (SSSR count). The lowest BCUT2D eigenvalue weighted by atomic mass is 10.2. The van der Waals surface area contributed by atoms with Crippen LogP contribution in [0.5, 0.6) is 5.88 Å². The van der Waals surface area contributed by atoms with Gasteiger partial charge in [0.05, 0.1) is 22.5 Å². The fourth-order valence-electron chi connectivity index (χ4n) is 2.93. The van der Waals surface area contributed by atoms with E-state index in [1.807, 2.05) is 30.5 Å². The lowest BCUT2D eigenvalue weighted by molar-refractivity contribution is 0.301. The minimum Gasteiger partial charge on any atom is -0.475 e. The smallest absolute Gasteiger partial charge is 0.263 e. The number of aryl methyl sites for hydroxylation is 1. The van der Waals surface area contributed by atoms with Crippen LogP contribution in [0.15, 0.2) is 84.0 Å². The van der Waals surface area contributed by atoms with Gasteiger partial charge in [-0.15, -0.1) is 0 Å². The van der Waals surface area contributed by atoms with Gasteiger partial charge in [0.1, 0.15) is 0 Å². The molecule has 2 aromatic carbocycles. The molecule has 0 aliphatic carbocycles. The maximum absolute atomic E-state index is 12.8. The highest BCUT2D eigenvalue weighted by molar-refractivity contribution is 7.92. The van der Waals surface area contributed by atoms with E-state index in [2.05, 4.69) is 19.7 Å². The van der Waals surface area contributed by atoms with Crippen molar-refractivity contribution in [3.63, 3.8) is 0 Å². The Morgan fingerprint density at radius 1 is 0.867 bits per heavy atom. The number of para-hydroxylation sites is 2. The van der Waals surface area contributed by atoms with Gasteiger partial charge in [0.2, 0.25) is 5.82 Å². The second kappa shape index (κ2) is 8.87. The Morgan fingerprint density at radius 3 is 2.33 bits per heavy atom. The van der Waals surface area contributed by atoms with Crippen molar-refractivity contribution < 1.29 is 13.2 Å². The third-order valence-electron chi connectivity index (χ3n) is 4.39. The van der Waals surface area contributed by atoms with Crippen LogP contribution in [-0.2, 0) is 16.4 Å². The molecule has 0 aliphatic rings. The Hall–Kier alpha value is -3.52. The van der Waals surface area contributed by atoms with E-state index in [0.717, 1.165) is 18.4 Å². The number of anilines is 1. The fraction of sp³-hybridized carbons (Fsp3) is 0.136. The van der Waals surface area contributed by atoms with Crippen LogP contribution in [0, 0.1) is 0 Å². The molecule has 0 saturated heterocycles. The van der Waals surface area contributed by atoms with Gasteiger partial charge in [-0.05, 0) is 48.7 Å². The van der Waals surface area contributed by atoms with Crippen LogP contribution in [0.2, 0.25) is 0 Å². The normalized spacial score (nSPS) is 11.3. The number of hydrogen-bond acceptors (Lipinski definition) is 6. The van der Waals surface area contributed by atoms with Gasteiger partial charge >= 0.3 is 0 Å². The standard InChI is InChI=1S/C22H20N4O3S/c27-30(28,18-10-2-1-3-11-18)26-21-22(25-20-13-5-4-12-19(20)24-21)29-15-7-9-17-8-6-14-23-16-17/h1-6,8,10-14,16H,7,9,15H2,(H,24,26). The molecule has 0 spiro atoms. The van der Waals surface area contributed by atoms with E-state index in [4.69, 9.17) is 4.74 Å². The number of benzene rings is 2. The first-order valence-electron chi connectivity index (χ1n) is 9.48. The van der Waals surface area contributed by atoms with Gasteiger partial charge in [0.25, 0.3) is 15.9 Å². The number of aromatic nitrogens is 3. The number of nitrogens with zero attached hydrogens (tertiary/aromatic N) is 3. The Labute approximate surface area is 174 Å². The summed E-state index contributed by atoms with van der Waals surface area (Å²) >= 11 is 0. The highest BCUT2D eigenvalue weighted by atomic mass is 32.2. The molecule has 152 valence electrons. The predicted molar refractivity (Wildman–Crippen MR) is 115 cm³/mol. The van der Waals surface area contributed by atoms with Gasteiger partial charge < -0.3 is 4.74 Å². The summed E-state index contributed by atoms with van der Waals surface area (Å²) in [6.45, 7) is 0.363. The molecule has 0 aliphatic heterocycles. The number of nitrogens with one attached hydrogen (secondary N) is 1. The molecule has 0 bridgehead atoms. The largest absolute Gasteiger partial charge is 0.475 e. The summed E-state index contributed by atoms with van der Waals surface area (Å²) in [7, 11) is -3.82. The molecule has 1 N–H and O–H groups in total. The third kappa shape index (κ3) is 4.72. The Morgan fingerprint density at radius 2 is 1.60 bits per heavy atom. The first-order chi connectivity index (χ1) is 14.6. The monoisotopic (exact) mass is 420 g/mol. The Kier molecular flexibility index (Phi) is 5.85. The van der Waals surface area contributed by atoms with Crippen LogP contribution in [0.1, 0.15) is 12.0 Å². The average Bonchev–Trinajstić information content (AvgIpc) is 2.78. The van der Waals surface area contributed by atoms with Crippen molar-refractivity contribution in [2.24, 2.45) is 0 Å². The minimum absolute atomic E-state index is 0.0685. The number of rotatable bonds is 8. The van der Waals surface area contributed by atoms with Crippen molar-refractivity contribution in [2.75, 3.05) is 11.3 Å². The number of pyridine rings is 1. The number of sulfonamides is 1. The third-order valence-corrected chi connectivity index (χ3v) is 5.75. The van der Waals surface area contributed by atoms with Crippen LogP contribution >= 0.6 is 0 Å². The molecule has 0 unspecified atom stereocenters. The van der Waals surface area contributed by atoms with E-state index in [1.54, 1.807) is 36.5 Å². The first-order valence-corrected chi connectivity index (χ1v) is 11.0. The van der Waals surface area contributed by atoms with Crippen LogP contribution in [-0.4, -0.2) is 30.0 Å². The molecule has 8 heteroatoms. The summed E-state index contributed by atoms with van der Waals surface area (Å²) in [6.07, 6.45) is 5.07.